The van der Waals surface area contributed by atoms with Gasteiger partial charge in [-0.05, 0) is 38.5 Å². The molecule has 1 heterocycles. The van der Waals surface area contributed by atoms with Crippen molar-refractivity contribution >= 4 is 17.5 Å². The van der Waals surface area contributed by atoms with Crippen LogP contribution in [0.4, 0.5) is 0 Å². The largest absolute Gasteiger partial charge is 0.333 e. The van der Waals surface area contributed by atoms with Gasteiger partial charge in [0.15, 0.2) is 0 Å². The van der Waals surface area contributed by atoms with Crippen LogP contribution < -0.4 is 5.43 Å². The van der Waals surface area contributed by atoms with Gasteiger partial charge in [0.1, 0.15) is 6.54 Å². The zero-order chi connectivity index (χ0) is 14.2. The minimum Gasteiger partial charge on any atom is -0.333 e. The Morgan fingerprint density at radius 2 is 1.65 bits per heavy atom. The van der Waals surface area contributed by atoms with Crippen molar-refractivity contribution in [2.24, 2.45) is 5.10 Å². The molecule has 0 aromatic rings. The normalized spacial score (nSPS) is 21.1. The van der Waals surface area contributed by atoms with Gasteiger partial charge in [0, 0.05) is 18.7 Å². The summed E-state index contributed by atoms with van der Waals surface area (Å²) >= 11 is 0. The summed E-state index contributed by atoms with van der Waals surface area (Å²) in [7, 11) is 0. The fourth-order valence-electron chi connectivity index (χ4n) is 2.80. The number of rotatable bonds is 3. The highest BCUT2D eigenvalue weighted by molar-refractivity contribution is 5.88. The van der Waals surface area contributed by atoms with E-state index in [2.05, 4.69) is 10.5 Å². The summed E-state index contributed by atoms with van der Waals surface area (Å²) in [5.41, 5.74) is 3.72. The van der Waals surface area contributed by atoms with E-state index in [0.29, 0.717) is 13.0 Å². The first kappa shape index (κ1) is 15.0. The predicted molar refractivity (Wildman–Crippen MR) is 78.3 cm³/mol. The van der Waals surface area contributed by atoms with Crippen LogP contribution in [0.5, 0.6) is 0 Å². The van der Waals surface area contributed by atoms with Crippen LogP contribution >= 0.6 is 0 Å². The average molecular weight is 279 g/mol. The van der Waals surface area contributed by atoms with Gasteiger partial charge < -0.3 is 4.90 Å². The Bertz CT molecular complexity index is 369. The van der Waals surface area contributed by atoms with Gasteiger partial charge in [-0.1, -0.05) is 19.3 Å². The van der Waals surface area contributed by atoms with Gasteiger partial charge in [-0.2, -0.15) is 5.10 Å². The van der Waals surface area contributed by atoms with Crippen LogP contribution in [0.15, 0.2) is 5.10 Å². The molecule has 1 saturated carbocycles. The van der Waals surface area contributed by atoms with Gasteiger partial charge in [0.2, 0.25) is 5.91 Å². The maximum atomic E-state index is 11.9. The molecule has 0 spiro atoms. The third-order valence-electron chi connectivity index (χ3n) is 4.03. The molecule has 2 aliphatic rings. The van der Waals surface area contributed by atoms with Crippen LogP contribution in [0.1, 0.15) is 64.2 Å². The van der Waals surface area contributed by atoms with Crippen LogP contribution in [0.2, 0.25) is 0 Å². The average Bonchev–Trinajstić information content (AvgIpc) is 2.81. The lowest BCUT2D eigenvalue weighted by molar-refractivity contribution is -0.135. The first-order valence-corrected chi connectivity index (χ1v) is 7.88. The summed E-state index contributed by atoms with van der Waals surface area (Å²) in [6.45, 7) is 0.846. The highest BCUT2D eigenvalue weighted by atomic mass is 16.2. The highest BCUT2D eigenvalue weighted by Gasteiger charge is 2.19. The quantitative estimate of drug-likeness (QED) is 0.636. The molecule has 0 unspecified atom stereocenters. The molecule has 2 rings (SSSR count). The molecule has 5 heteroatoms. The molecule has 20 heavy (non-hydrogen) atoms. The summed E-state index contributed by atoms with van der Waals surface area (Å²) in [6, 6.07) is 0. The summed E-state index contributed by atoms with van der Waals surface area (Å²) in [6.07, 6.45) is 10.4. The molecule has 0 atom stereocenters. The summed E-state index contributed by atoms with van der Waals surface area (Å²) in [5.74, 6) is -0.0724. The molecule has 1 aliphatic heterocycles. The Morgan fingerprint density at radius 1 is 1.00 bits per heavy atom. The lowest BCUT2D eigenvalue weighted by Crippen LogP contribution is -2.39. The monoisotopic (exact) mass is 279 g/mol. The van der Waals surface area contributed by atoms with Crippen molar-refractivity contribution < 1.29 is 9.59 Å². The molecule has 1 aliphatic carbocycles. The summed E-state index contributed by atoms with van der Waals surface area (Å²) < 4.78 is 0. The van der Waals surface area contributed by atoms with Crippen molar-refractivity contribution in [3.8, 4) is 0 Å². The predicted octanol–water partition coefficient (Wildman–Crippen LogP) is 2.22. The molecule has 5 nitrogen and oxygen atoms in total. The minimum absolute atomic E-state index is 0.0970. The highest BCUT2D eigenvalue weighted by Crippen LogP contribution is 2.14. The molecule has 0 aromatic heterocycles. The fourth-order valence-corrected chi connectivity index (χ4v) is 2.80. The lowest BCUT2D eigenvalue weighted by atomic mass is 10.2. The molecular formula is C15H25N3O2. The van der Waals surface area contributed by atoms with E-state index in [4.69, 9.17) is 0 Å². The second kappa shape index (κ2) is 8.02. The third-order valence-corrected chi connectivity index (χ3v) is 4.03. The number of hydrogen-bond acceptors (Lipinski definition) is 3. The summed E-state index contributed by atoms with van der Waals surface area (Å²) in [4.78, 5) is 25.4. The Morgan fingerprint density at radius 3 is 2.40 bits per heavy atom. The third kappa shape index (κ3) is 4.94. The molecule has 1 N–H and O–H groups in total. The van der Waals surface area contributed by atoms with Crippen molar-refractivity contribution in [2.45, 2.75) is 64.2 Å². The molecule has 0 aromatic carbocycles. The van der Waals surface area contributed by atoms with Crippen molar-refractivity contribution in [1.82, 2.24) is 10.3 Å². The second-order valence-electron chi connectivity index (χ2n) is 5.75. The molecular weight excluding hydrogens is 254 g/mol. The van der Waals surface area contributed by atoms with E-state index in [1.54, 1.807) is 4.90 Å². The van der Waals surface area contributed by atoms with E-state index in [0.717, 1.165) is 37.8 Å². The van der Waals surface area contributed by atoms with Crippen LogP contribution in [-0.2, 0) is 9.59 Å². The molecule has 2 fully saturated rings. The Balaban J connectivity index is 1.79. The Hall–Kier alpha value is -1.39. The number of hydrazone groups is 1. The van der Waals surface area contributed by atoms with Crippen molar-refractivity contribution in [1.29, 1.82) is 0 Å². The lowest BCUT2D eigenvalue weighted by Gasteiger charge is -2.19. The minimum atomic E-state index is -0.169. The number of carbonyl (C=O) groups excluding carboxylic acids is 2. The molecule has 2 amide bonds. The SMILES string of the molecule is O=C(CN1CCCCCC1=O)NN=C1CCCCCC1. The van der Waals surface area contributed by atoms with Crippen LogP contribution in [0.3, 0.4) is 0 Å². The van der Waals surface area contributed by atoms with Gasteiger partial charge in [-0.15, -0.1) is 0 Å². The Labute approximate surface area is 120 Å². The van der Waals surface area contributed by atoms with Crippen LogP contribution in [0.25, 0.3) is 0 Å². The maximum absolute atomic E-state index is 11.9. The fraction of sp³-hybridized carbons (Fsp3) is 0.800. The number of carbonyl (C=O) groups is 2. The van der Waals surface area contributed by atoms with E-state index in [1.165, 1.54) is 25.7 Å². The topological polar surface area (TPSA) is 61.8 Å². The number of hydrogen-bond donors (Lipinski definition) is 1. The van der Waals surface area contributed by atoms with E-state index >= 15 is 0 Å². The zero-order valence-corrected chi connectivity index (χ0v) is 12.2. The standard InChI is InChI=1S/C15H25N3O2/c19-14(12-18-11-7-3-6-10-15(18)20)17-16-13-8-4-1-2-5-9-13/h1-12H2,(H,17,19). The van der Waals surface area contributed by atoms with Crippen LogP contribution in [-0.4, -0.2) is 35.5 Å². The van der Waals surface area contributed by atoms with E-state index in [1.807, 2.05) is 0 Å². The summed E-state index contributed by atoms with van der Waals surface area (Å²) in [5, 5.41) is 4.24. The maximum Gasteiger partial charge on any atom is 0.259 e. The molecule has 0 bridgehead atoms. The van der Waals surface area contributed by atoms with Crippen molar-refractivity contribution in [3.63, 3.8) is 0 Å². The second-order valence-corrected chi connectivity index (χ2v) is 5.75. The van der Waals surface area contributed by atoms with Crippen LogP contribution in [0, 0.1) is 0 Å². The molecule has 1 saturated heterocycles. The van der Waals surface area contributed by atoms with E-state index in [-0.39, 0.29) is 18.4 Å². The number of amides is 2. The van der Waals surface area contributed by atoms with Crippen molar-refractivity contribution in [2.75, 3.05) is 13.1 Å². The number of likely N-dealkylation sites (tertiary alicyclic amines) is 1. The zero-order valence-electron chi connectivity index (χ0n) is 12.2. The Kier molecular flexibility index (Phi) is 6.02. The van der Waals surface area contributed by atoms with Crippen molar-refractivity contribution in [3.05, 3.63) is 0 Å². The molecule has 0 radical (unpaired) electrons. The first-order valence-electron chi connectivity index (χ1n) is 7.88. The van der Waals surface area contributed by atoms with Gasteiger partial charge in [0.05, 0.1) is 0 Å². The number of nitrogens with one attached hydrogen (secondary N) is 1. The first-order chi connectivity index (χ1) is 9.75. The van der Waals surface area contributed by atoms with E-state index in [9.17, 15) is 9.59 Å². The van der Waals surface area contributed by atoms with E-state index < -0.39 is 0 Å². The smallest absolute Gasteiger partial charge is 0.259 e. The van der Waals surface area contributed by atoms with Gasteiger partial charge in [0.25, 0.3) is 5.91 Å². The van der Waals surface area contributed by atoms with Gasteiger partial charge >= 0.3 is 0 Å². The van der Waals surface area contributed by atoms with Gasteiger partial charge in [-0.3, -0.25) is 9.59 Å². The number of nitrogens with zero attached hydrogens (tertiary/aromatic N) is 2. The molecule has 112 valence electrons. The van der Waals surface area contributed by atoms with Gasteiger partial charge in [-0.25, -0.2) is 5.43 Å².